The zero-order valence-corrected chi connectivity index (χ0v) is 13.8. The molecule has 1 amide bonds. The fraction of sp³-hybridized carbons (Fsp3) is 0.235. The highest BCUT2D eigenvalue weighted by Gasteiger charge is 2.41. The SMILES string of the molecule is CNC(=O)C1Cc2ccccc2N1S(=O)(=O)c1ccc(C)cc1. The molecule has 1 aliphatic rings. The normalized spacial score (nSPS) is 17.0. The minimum absolute atomic E-state index is 0.189. The Hall–Kier alpha value is -2.34. The zero-order chi connectivity index (χ0) is 16.6. The average molecular weight is 330 g/mol. The Morgan fingerprint density at radius 2 is 1.78 bits per heavy atom. The number of fused-ring (bicyclic) bond motifs is 1. The second kappa shape index (κ2) is 5.70. The molecule has 2 aromatic carbocycles. The summed E-state index contributed by atoms with van der Waals surface area (Å²) in [5.41, 5.74) is 2.41. The standard InChI is InChI=1S/C17H18N2O3S/c1-12-7-9-14(10-8-12)23(21,22)19-15-6-4-3-5-13(15)11-16(19)17(20)18-2/h3-10,16H,11H2,1-2H3,(H,18,20). The Morgan fingerprint density at radius 1 is 1.13 bits per heavy atom. The van der Waals surface area contributed by atoms with Crippen LogP contribution < -0.4 is 9.62 Å². The average Bonchev–Trinajstić information content (AvgIpc) is 2.94. The van der Waals surface area contributed by atoms with E-state index < -0.39 is 16.1 Å². The summed E-state index contributed by atoms with van der Waals surface area (Å²) in [7, 11) is -2.28. The second-order valence-electron chi connectivity index (χ2n) is 5.58. The Labute approximate surface area is 136 Å². The molecule has 1 unspecified atom stereocenters. The van der Waals surface area contributed by atoms with Gasteiger partial charge < -0.3 is 5.32 Å². The molecular formula is C17H18N2O3S. The van der Waals surface area contributed by atoms with Crippen LogP contribution in [-0.4, -0.2) is 27.4 Å². The predicted molar refractivity (Wildman–Crippen MR) is 88.8 cm³/mol. The lowest BCUT2D eigenvalue weighted by atomic mass is 10.1. The molecular weight excluding hydrogens is 312 g/mol. The van der Waals surface area contributed by atoms with E-state index in [1.54, 1.807) is 36.4 Å². The molecule has 0 spiro atoms. The van der Waals surface area contributed by atoms with Crippen LogP contribution in [0, 0.1) is 6.92 Å². The van der Waals surface area contributed by atoms with Gasteiger partial charge in [-0.2, -0.15) is 0 Å². The lowest BCUT2D eigenvalue weighted by Gasteiger charge is -2.25. The van der Waals surface area contributed by atoms with Crippen LogP contribution in [0.4, 0.5) is 5.69 Å². The molecule has 0 saturated carbocycles. The first-order chi connectivity index (χ1) is 10.9. The molecule has 0 aromatic heterocycles. The number of hydrogen-bond donors (Lipinski definition) is 1. The van der Waals surface area contributed by atoms with Crippen molar-refractivity contribution in [3.8, 4) is 0 Å². The molecule has 0 aliphatic carbocycles. The van der Waals surface area contributed by atoms with Crippen LogP contribution in [0.3, 0.4) is 0 Å². The Kier molecular flexibility index (Phi) is 3.85. The van der Waals surface area contributed by atoms with Crippen LogP contribution >= 0.6 is 0 Å². The van der Waals surface area contributed by atoms with E-state index in [1.807, 2.05) is 19.1 Å². The zero-order valence-electron chi connectivity index (χ0n) is 13.0. The van der Waals surface area contributed by atoms with Gasteiger partial charge in [0.15, 0.2) is 0 Å². The lowest BCUT2D eigenvalue weighted by Crippen LogP contribution is -2.47. The van der Waals surface area contributed by atoms with E-state index in [2.05, 4.69) is 5.32 Å². The van der Waals surface area contributed by atoms with E-state index in [0.29, 0.717) is 12.1 Å². The van der Waals surface area contributed by atoms with Gasteiger partial charge in [0.05, 0.1) is 10.6 Å². The molecule has 0 saturated heterocycles. The number of amides is 1. The third-order valence-corrected chi connectivity index (χ3v) is 5.89. The molecule has 5 nitrogen and oxygen atoms in total. The first kappa shape index (κ1) is 15.6. The van der Waals surface area contributed by atoms with Crippen molar-refractivity contribution in [3.05, 3.63) is 59.7 Å². The van der Waals surface area contributed by atoms with Gasteiger partial charge in [0.1, 0.15) is 6.04 Å². The number of sulfonamides is 1. The summed E-state index contributed by atoms with van der Waals surface area (Å²) in [5, 5.41) is 2.56. The van der Waals surface area contributed by atoms with Gasteiger partial charge in [-0.15, -0.1) is 0 Å². The summed E-state index contributed by atoms with van der Waals surface area (Å²) in [6, 6.07) is 13.1. The minimum Gasteiger partial charge on any atom is -0.357 e. The molecule has 3 rings (SSSR count). The molecule has 1 atom stereocenters. The smallest absolute Gasteiger partial charge is 0.265 e. The number of likely N-dealkylation sites (N-methyl/N-ethyl adjacent to an activating group) is 1. The number of aryl methyl sites for hydroxylation is 1. The van der Waals surface area contributed by atoms with Gasteiger partial charge in [-0.25, -0.2) is 8.42 Å². The number of nitrogens with zero attached hydrogens (tertiary/aromatic N) is 1. The number of rotatable bonds is 3. The van der Waals surface area contributed by atoms with E-state index in [0.717, 1.165) is 11.1 Å². The van der Waals surface area contributed by atoms with E-state index in [1.165, 1.54) is 11.4 Å². The number of anilines is 1. The summed E-state index contributed by atoms with van der Waals surface area (Å²) in [4.78, 5) is 12.4. The maximum Gasteiger partial charge on any atom is 0.265 e. The fourth-order valence-corrected chi connectivity index (χ4v) is 4.49. The summed E-state index contributed by atoms with van der Waals surface area (Å²) in [6.45, 7) is 1.90. The van der Waals surface area contributed by atoms with Gasteiger partial charge >= 0.3 is 0 Å². The quantitative estimate of drug-likeness (QED) is 0.934. The van der Waals surface area contributed by atoms with Crippen LogP contribution in [0.1, 0.15) is 11.1 Å². The van der Waals surface area contributed by atoms with Crippen LogP contribution in [-0.2, 0) is 21.2 Å². The van der Waals surface area contributed by atoms with E-state index >= 15 is 0 Å². The number of hydrogen-bond acceptors (Lipinski definition) is 3. The third-order valence-electron chi connectivity index (χ3n) is 4.05. The highest BCUT2D eigenvalue weighted by molar-refractivity contribution is 7.93. The van der Waals surface area contributed by atoms with Gasteiger partial charge in [0.2, 0.25) is 5.91 Å². The van der Waals surface area contributed by atoms with Crippen molar-refractivity contribution in [2.45, 2.75) is 24.3 Å². The van der Waals surface area contributed by atoms with Gasteiger partial charge in [-0.3, -0.25) is 9.10 Å². The van der Waals surface area contributed by atoms with Gasteiger partial charge in [-0.1, -0.05) is 35.9 Å². The molecule has 0 radical (unpaired) electrons. The summed E-state index contributed by atoms with van der Waals surface area (Å²) >= 11 is 0. The molecule has 0 bridgehead atoms. The summed E-state index contributed by atoms with van der Waals surface area (Å²) in [5.74, 6) is -0.308. The molecule has 23 heavy (non-hydrogen) atoms. The Bertz CT molecular complexity index is 844. The van der Waals surface area contributed by atoms with Crippen LogP contribution in [0.15, 0.2) is 53.4 Å². The largest absolute Gasteiger partial charge is 0.357 e. The molecule has 1 N–H and O–H groups in total. The van der Waals surface area contributed by atoms with Crippen molar-refractivity contribution in [3.63, 3.8) is 0 Å². The number of para-hydroxylation sites is 1. The Balaban J connectivity index is 2.13. The van der Waals surface area contributed by atoms with Crippen LogP contribution in [0.5, 0.6) is 0 Å². The minimum atomic E-state index is -3.80. The van der Waals surface area contributed by atoms with Gasteiger partial charge in [0, 0.05) is 13.5 Å². The Morgan fingerprint density at radius 3 is 2.43 bits per heavy atom. The third kappa shape index (κ3) is 2.59. The maximum atomic E-state index is 13.1. The summed E-state index contributed by atoms with van der Waals surface area (Å²) in [6.07, 6.45) is 0.376. The van der Waals surface area contributed by atoms with Crippen molar-refractivity contribution < 1.29 is 13.2 Å². The van der Waals surface area contributed by atoms with Gasteiger partial charge in [0.25, 0.3) is 10.0 Å². The van der Waals surface area contributed by atoms with E-state index in [-0.39, 0.29) is 10.8 Å². The fourth-order valence-electron chi connectivity index (χ4n) is 2.84. The van der Waals surface area contributed by atoms with E-state index in [4.69, 9.17) is 0 Å². The van der Waals surface area contributed by atoms with Crippen molar-refractivity contribution in [1.82, 2.24) is 5.32 Å². The maximum absolute atomic E-state index is 13.1. The molecule has 6 heteroatoms. The van der Waals surface area contributed by atoms with Crippen molar-refractivity contribution in [1.29, 1.82) is 0 Å². The predicted octanol–water partition coefficient (Wildman–Crippen LogP) is 1.86. The van der Waals surface area contributed by atoms with Gasteiger partial charge in [-0.05, 0) is 30.7 Å². The van der Waals surface area contributed by atoms with E-state index in [9.17, 15) is 13.2 Å². The molecule has 2 aromatic rings. The number of nitrogens with one attached hydrogen (secondary N) is 1. The molecule has 120 valence electrons. The first-order valence-corrected chi connectivity index (χ1v) is 8.80. The monoisotopic (exact) mass is 330 g/mol. The highest BCUT2D eigenvalue weighted by atomic mass is 32.2. The van der Waals surface area contributed by atoms with Crippen molar-refractivity contribution in [2.75, 3.05) is 11.4 Å². The number of carbonyl (C=O) groups is 1. The van der Waals surface area contributed by atoms with Crippen molar-refractivity contribution in [2.24, 2.45) is 0 Å². The van der Waals surface area contributed by atoms with Crippen molar-refractivity contribution >= 4 is 21.6 Å². The molecule has 1 heterocycles. The first-order valence-electron chi connectivity index (χ1n) is 7.36. The lowest BCUT2D eigenvalue weighted by molar-refractivity contribution is -0.121. The highest BCUT2D eigenvalue weighted by Crippen LogP contribution is 2.36. The topological polar surface area (TPSA) is 66.5 Å². The van der Waals surface area contributed by atoms with Crippen LogP contribution in [0.2, 0.25) is 0 Å². The second-order valence-corrected chi connectivity index (χ2v) is 7.39. The molecule has 0 fully saturated rings. The number of benzene rings is 2. The number of carbonyl (C=O) groups excluding carboxylic acids is 1. The molecule has 1 aliphatic heterocycles. The summed E-state index contributed by atoms with van der Waals surface area (Å²) < 4.78 is 27.4. The van der Waals surface area contributed by atoms with Crippen LogP contribution in [0.25, 0.3) is 0 Å².